The van der Waals surface area contributed by atoms with E-state index in [1.165, 1.54) is 12.1 Å². The number of pyridine rings is 1. The van der Waals surface area contributed by atoms with E-state index in [1.807, 2.05) is 13.8 Å². The van der Waals surface area contributed by atoms with Gasteiger partial charge in [0.1, 0.15) is 5.69 Å². The molecule has 0 aliphatic heterocycles. The zero-order valence-corrected chi connectivity index (χ0v) is 11.3. The maximum Gasteiger partial charge on any atom is 0.272 e. The fourth-order valence-electron chi connectivity index (χ4n) is 1.80. The van der Waals surface area contributed by atoms with Crippen molar-refractivity contribution in [2.24, 2.45) is 0 Å². The third-order valence-corrected chi connectivity index (χ3v) is 2.82. The summed E-state index contributed by atoms with van der Waals surface area (Å²) in [7, 11) is 0. The smallest absolute Gasteiger partial charge is 0.272 e. The highest BCUT2D eigenvalue weighted by molar-refractivity contribution is 5.92. The van der Waals surface area contributed by atoms with Crippen LogP contribution in [0.1, 0.15) is 50.5 Å². The van der Waals surface area contributed by atoms with E-state index in [2.05, 4.69) is 11.9 Å². The Kier molecular flexibility index (Phi) is 5.75. The van der Waals surface area contributed by atoms with Crippen molar-refractivity contribution < 1.29 is 9.18 Å². The molecular weight excluding hydrogens is 231 g/mol. The average molecular weight is 252 g/mol. The molecule has 1 heterocycles. The Balaban J connectivity index is 2.76. The van der Waals surface area contributed by atoms with Crippen molar-refractivity contribution in [3.63, 3.8) is 0 Å². The normalized spacial score (nSPS) is 10.7. The molecule has 0 aliphatic carbocycles. The van der Waals surface area contributed by atoms with Crippen LogP contribution in [0.5, 0.6) is 0 Å². The number of nitrogens with zero attached hydrogens (tertiary/aromatic N) is 2. The van der Waals surface area contributed by atoms with Gasteiger partial charge in [-0.1, -0.05) is 25.8 Å². The van der Waals surface area contributed by atoms with Crippen molar-refractivity contribution in [3.05, 3.63) is 29.8 Å². The summed E-state index contributed by atoms with van der Waals surface area (Å²) in [6, 6.07) is 4.41. The molecule has 0 radical (unpaired) electrons. The minimum atomic E-state index is -0.613. The van der Waals surface area contributed by atoms with Gasteiger partial charge < -0.3 is 4.90 Å². The topological polar surface area (TPSA) is 33.2 Å². The van der Waals surface area contributed by atoms with E-state index in [9.17, 15) is 9.18 Å². The number of hydrogen-bond acceptors (Lipinski definition) is 2. The quantitative estimate of drug-likeness (QED) is 0.575. The molecule has 1 aromatic rings. The summed E-state index contributed by atoms with van der Waals surface area (Å²) in [6.07, 6.45) is 3.17. The Hall–Kier alpha value is -1.45. The zero-order chi connectivity index (χ0) is 13.5. The van der Waals surface area contributed by atoms with Gasteiger partial charge >= 0.3 is 0 Å². The Bertz CT molecular complexity index is 393. The van der Waals surface area contributed by atoms with E-state index in [0.29, 0.717) is 6.54 Å². The summed E-state index contributed by atoms with van der Waals surface area (Å²) in [4.78, 5) is 17.6. The first-order valence-electron chi connectivity index (χ1n) is 6.49. The summed E-state index contributed by atoms with van der Waals surface area (Å²) >= 11 is 0. The van der Waals surface area contributed by atoms with Crippen LogP contribution in [0.2, 0.25) is 0 Å². The van der Waals surface area contributed by atoms with Crippen LogP contribution in [0, 0.1) is 5.95 Å². The summed E-state index contributed by atoms with van der Waals surface area (Å²) in [5, 5.41) is 0. The number of unbranched alkanes of at least 4 members (excludes halogenated alkanes) is 2. The third kappa shape index (κ3) is 4.09. The van der Waals surface area contributed by atoms with Gasteiger partial charge in [-0.25, -0.2) is 4.98 Å². The van der Waals surface area contributed by atoms with Crippen molar-refractivity contribution in [1.29, 1.82) is 0 Å². The predicted molar refractivity (Wildman–Crippen MR) is 69.9 cm³/mol. The summed E-state index contributed by atoms with van der Waals surface area (Å²) in [6.45, 7) is 6.74. The molecule has 0 atom stereocenters. The molecule has 3 nitrogen and oxygen atoms in total. The first kappa shape index (κ1) is 14.6. The molecule has 0 fully saturated rings. The maximum absolute atomic E-state index is 13.0. The van der Waals surface area contributed by atoms with E-state index in [0.717, 1.165) is 19.3 Å². The molecule has 4 heteroatoms. The molecule has 0 aliphatic rings. The number of rotatable bonds is 6. The first-order chi connectivity index (χ1) is 8.56. The van der Waals surface area contributed by atoms with Crippen LogP contribution in [-0.2, 0) is 0 Å². The molecule has 1 aromatic heterocycles. The Labute approximate surface area is 108 Å². The fraction of sp³-hybridized carbons (Fsp3) is 0.571. The van der Waals surface area contributed by atoms with Crippen molar-refractivity contribution in [1.82, 2.24) is 9.88 Å². The molecule has 0 saturated carbocycles. The lowest BCUT2D eigenvalue weighted by Gasteiger charge is -2.26. The molecular formula is C14H21FN2O. The van der Waals surface area contributed by atoms with Gasteiger partial charge in [0.25, 0.3) is 5.91 Å². The van der Waals surface area contributed by atoms with Crippen molar-refractivity contribution in [2.45, 2.75) is 46.1 Å². The lowest BCUT2D eigenvalue weighted by molar-refractivity contribution is 0.0695. The molecule has 100 valence electrons. The SMILES string of the molecule is CCCCCN(C(=O)c1cccc(F)n1)C(C)C. The van der Waals surface area contributed by atoms with Crippen LogP contribution in [-0.4, -0.2) is 28.4 Å². The van der Waals surface area contributed by atoms with Crippen LogP contribution in [0.25, 0.3) is 0 Å². The van der Waals surface area contributed by atoms with Gasteiger partial charge in [-0.3, -0.25) is 4.79 Å². The maximum atomic E-state index is 13.0. The van der Waals surface area contributed by atoms with Crippen molar-refractivity contribution in [2.75, 3.05) is 6.54 Å². The molecule has 0 spiro atoms. The zero-order valence-electron chi connectivity index (χ0n) is 11.3. The molecule has 1 amide bonds. The highest BCUT2D eigenvalue weighted by Crippen LogP contribution is 2.09. The molecule has 0 N–H and O–H groups in total. The molecule has 0 aromatic carbocycles. The van der Waals surface area contributed by atoms with Crippen LogP contribution in [0.4, 0.5) is 4.39 Å². The summed E-state index contributed by atoms with van der Waals surface area (Å²) in [5.74, 6) is -0.807. The van der Waals surface area contributed by atoms with Gasteiger partial charge in [-0.15, -0.1) is 0 Å². The number of carbonyl (C=O) groups is 1. The van der Waals surface area contributed by atoms with Gasteiger partial charge in [-0.2, -0.15) is 4.39 Å². The highest BCUT2D eigenvalue weighted by atomic mass is 19.1. The molecule has 0 saturated heterocycles. The minimum absolute atomic E-state index is 0.0967. The van der Waals surface area contributed by atoms with Crippen LogP contribution in [0.3, 0.4) is 0 Å². The van der Waals surface area contributed by atoms with E-state index in [4.69, 9.17) is 0 Å². The highest BCUT2D eigenvalue weighted by Gasteiger charge is 2.19. The number of halogens is 1. The van der Waals surface area contributed by atoms with Crippen LogP contribution < -0.4 is 0 Å². The number of hydrogen-bond donors (Lipinski definition) is 0. The molecule has 0 unspecified atom stereocenters. The largest absolute Gasteiger partial charge is 0.335 e. The monoisotopic (exact) mass is 252 g/mol. The molecule has 0 bridgehead atoms. The lowest BCUT2D eigenvalue weighted by Crippen LogP contribution is -2.38. The number of aromatic nitrogens is 1. The van der Waals surface area contributed by atoms with E-state index in [-0.39, 0.29) is 17.6 Å². The Morgan fingerprint density at radius 2 is 2.11 bits per heavy atom. The summed E-state index contributed by atoms with van der Waals surface area (Å²) in [5.41, 5.74) is 0.181. The predicted octanol–water partition coefficient (Wildman–Crippen LogP) is 3.26. The Morgan fingerprint density at radius 3 is 2.67 bits per heavy atom. The van der Waals surface area contributed by atoms with Gasteiger partial charge in [0.05, 0.1) is 0 Å². The number of carbonyl (C=O) groups excluding carboxylic acids is 1. The molecule has 1 rings (SSSR count). The standard InChI is InChI=1S/C14H21FN2O/c1-4-5-6-10-17(11(2)3)14(18)12-8-7-9-13(15)16-12/h7-9,11H,4-6,10H2,1-3H3. The first-order valence-corrected chi connectivity index (χ1v) is 6.49. The third-order valence-electron chi connectivity index (χ3n) is 2.82. The molecule has 18 heavy (non-hydrogen) atoms. The van der Waals surface area contributed by atoms with E-state index >= 15 is 0 Å². The minimum Gasteiger partial charge on any atom is -0.335 e. The average Bonchev–Trinajstić information content (AvgIpc) is 2.33. The second-order valence-electron chi connectivity index (χ2n) is 4.64. The van der Waals surface area contributed by atoms with Crippen LogP contribution >= 0.6 is 0 Å². The van der Waals surface area contributed by atoms with Gasteiger partial charge in [-0.05, 0) is 32.4 Å². The van der Waals surface area contributed by atoms with Crippen molar-refractivity contribution in [3.8, 4) is 0 Å². The van der Waals surface area contributed by atoms with E-state index < -0.39 is 5.95 Å². The van der Waals surface area contributed by atoms with Gasteiger partial charge in [0.15, 0.2) is 0 Å². The summed E-state index contributed by atoms with van der Waals surface area (Å²) < 4.78 is 13.0. The van der Waals surface area contributed by atoms with Crippen molar-refractivity contribution >= 4 is 5.91 Å². The van der Waals surface area contributed by atoms with Gasteiger partial charge in [0, 0.05) is 12.6 Å². The lowest BCUT2D eigenvalue weighted by atomic mass is 10.2. The second kappa shape index (κ2) is 7.09. The Morgan fingerprint density at radius 1 is 1.39 bits per heavy atom. The number of amides is 1. The van der Waals surface area contributed by atoms with E-state index in [1.54, 1.807) is 11.0 Å². The van der Waals surface area contributed by atoms with Gasteiger partial charge in [0.2, 0.25) is 5.95 Å². The fourth-order valence-corrected chi connectivity index (χ4v) is 1.80. The second-order valence-corrected chi connectivity index (χ2v) is 4.64. The van der Waals surface area contributed by atoms with Crippen LogP contribution in [0.15, 0.2) is 18.2 Å².